The fraction of sp³-hybridized carbons (Fsp3) is 0.500. The number of aromatic nitrogens is 4. The molecule has 0 saturated carbocycles. The summed E-state index contributed by atoms with van der Waals surface area (Å²) < 4.78 is 17.9. The van der Waals surface area contributed by atoms with E-state index < -0.39 is 25.1 Å². The van der Waals surface area contributed by atoms with Crippen LogP contribution in [0.15, 0.2) is 11.1 Å². The van der Waals surface area contributed by atoms with Gasteiger partial charge in [-0.2, -0.15) is 4.98 Å². The van der Waals surface area contributed by atoms with Crippen molar-refractivity contribution >= 4 is 24.7 Å². The highest BCUT2D eigenvalue weighted by atomic mass is 31.2. The number of ether oxygens (including phenoxy) is 1. The molecule has 3 rings (SSSR count). The van der Waals surface area contributed by atoms with E-state index in [0.29, 0.717) is 12.1 Å². The predicted molar refractivity (Wildman–Crippen MR) is 70.3 cm³/mol. The average molecular weight is 314 g/mol. The van der Waals surface area contributed by atoms with Gasteiger partial charge in [-0.3, -0.25) is 9.78 Å². The Kier molecular flexibility index (Phi) is 3.33. The molecule has 0 aliphatic carbocycles. The summed E-state index contributed by atoms with van der Waals surface area (Å²) in [7, 11) is -4.49. The van der Waals surface area contributed by atoms with Gasteiger partial charge in [0.15, 0.2) is 18.8 Å². The Balaban J connectivity index is 1.84. The van der Waals surface area contributed by atoms with Crippen molar-refractivity contribution in [1.82, 2.24) is 19.5 Å². The van der Waals surface area contributed by atoms with E-state index in [1.54, 1.807) is 4.57 Å². The van der Waals surface area contributed by atoms with E-state index in [1.807, 2.05) is 0 Å². The first-order valence-electron chi connectivity index (χ1n) is 6.24. The van der Waals surface area contributed by atoms with Crippen LogP contribution in [0, 0.1) is 0 Å². The van der Waals surface area contributed by atoms with E-state index in [2.05, 4.69) is 15.0 Å². The van der Waals surface area contributed by atoms with Crippen LogP contribution in [0.1, 0.15) is 12.8 Å². The highest BCUT2D eigenvalue weighted by Crippen LogP contribution is 2.44. The highest BCUT2D eigenvalue weighted by Gasteiger charge is 2.32. The lowest BCUT2D eigenvalue weighted by molar-refractivity contribution is -0.204. The van der Waals surface area contributed by atoms with Crippen molar-refractivity contribution in [3.63, 3.8) is 0 Å². The van der Waals surface area contributed by atoms with Crippen LogP contribution in [0.4, 0.5) is 5.95 Å². The summed E-state index contributed by atoms with van der Waals surface area (Å²) in [6.07, 6.45) is 1.70. The molecular weight excluding hydrogens is 301 g/mol. The molecule has 0 bridgehead atoms. The number of hydrogen-bond acceptors (Lipinski definition) is 7. The molecule has 114 valence electrons. The molecule has 10 nitrogen and oxygen atoms in total. The van der Waals surface area contributed by atoms with Crippen LogP contribution in [0.25, 0.3) is 11.2 Å². The second kappa shape index (κ2) is 4.92. The highest BCUT2D eigenvalue weighted by molar-refractivity contribution is 7.50. The van der Waals surface area contributed by atoms with Crippen molar-refractivity contribution < 1.29 is 19.1 Å². The fourth-order valence-electron chi connectivity index (χ4n) is 2.38. The van der Waals surface area contributed by atoms with Gasteiger partial charge >= 0.3 is 0 Å². The largest absolute Gasteiger partial charge is 0.777 e. The molecule has 3 heterocycles. The van der Waals surface area contributed by atoms with Crippen LogP contribution in [-0.2, 0) is 15.8 Å². The molecule has 1 saturated heterocycles. The fourth-order valence-corrected chi connectivity index (χ4v) is 3.19. The first kappa shape index (κ1) is 14.2. The van der Waals surface area contributed by atoms with Gasteiger partial charge in [0, 0.05) is 0 Å². The minimum Gasteiger partial charge on any atom is -0.777 e. The van der Waals surface area contributed by atoms with Gasteiger partial charge < -0.3 is 29.4 Å². The van der Waals surface area contributed by atoms with Crippen LogP contribution in [0.3, 0.4) is 0 Å². The Morgan fingerprint density at radius 3 is 3.05 bits per heavy atom. The van der Waals surface area contributed by atoms with Crippen LogP contribution in [0.5, 0.6) is 0 Å². The number of imidazole rings is 1. The van der Waals surface area contributed by atoms with Crippen LogP contribution in [0.2, 0.25) is 0 Å². The van der Waals surface area contributed by atoms with E-state index in [-0.39, 0.29) is 24.4 Å². The summed E-state index contributed by atoms with van der Waals surface area (Å²) in [4.78, 5) is 42.0. The van der Waals surface area contributed by atoms with Gasteiger partial charge in [-0.25, -0.2) is 4.98 Å². The third kappa shape index (κ3) is 2.70. The zero-order valence-electron chi connectivity index (χ0n) is 10.8. The molecule has 0 amide bonds. The van der Waals surface area contributed by atoms with Crippen molar-refractivity contribution in [2.75, 3.05) is 5.73 Å². The van der Waals surface area contributed by atoms with Crippen LogP contribution < -0.4 is 16.2 Å². The Morgan fingerprint density at radius 2 is 2.38 bits per heavy atom. The molecule has 2 aromatic rings. The Bertz CT molecular complexity index is 780. The van der Waals surface area contributed by atoms with Gasteiger partial charge in [0.05, 0.1) is 19.0 Å². The molecule has 3 atom stereocenters. The summed E-state index contributed by atoms with van der Waals surface area (Å²) >= 11 is 0. The summed E-state index contributed by atoms with van der Waals surface area (Å²) in [6.45, 7) is 0.267. The number of fused-ring (bicyclic) bond motifs is 1. The summed E-state index contributed by atoms with van der Waals surface area (Å²) in [5.41, 5.74) is 5.50. The minimum absolute atomic E-state index is 0.0288. The summed E-state index contributed by atoms with van der Waals surface area (Å²) in [5.74, 6) is -1.21. The molecule has 21 heavy (non-hydrogen) atoms. The van der Waals surface area contributed by atoms with Gasteiger partial charge in [-0.05, 0) is 12.8 Å². The number of anilines is 1. The first-order valence-corrected chi connectivity index (χ1v) is 7.89. The number of nitrogen functional groups attached to an aromatic ring is 1. The van der Waals surface area contributed by atoms with Crippen molar-refractivity contribution in [2.24, 2.45) is 0 Å². The van der Waals surface area contributed by atoms with Crippen LogP contribution >= 0.6 is 7.60 Å². The lowest BCUT2D eigenvalue weighted by Gasteiger charge is -2.23. The normalized spacial score (nSPS) is 25.2. The molecule has 1 aliphatic heterocycles. The molecule has 2 unspecified atom stereocenters. The monoisotopic (exact) mass is 314 g/mol. The van der Waals surface area contributed by atoms with Gasteiger partial charge in [0.2, 0.25) is 5.95 Å². The quantitative estimate of drug-likeness (QED) is 0.593. The molecule has 0 spiro atoms. The predicted octanol–water partition coefficient (Wildman–Crippen LogP) is -1.25. The van der Waals surface area contributed by atoms with Crippen molar-refractivity contribution in [3.8, 4) is 0 Å². The van der Waals surface area contributed by atoms with Crippen molar-refractivity contribution in [2.45, 2.75) is 31.3 Å². The van der Waals surface area contributed by atoms with Gasteiger partial charge in [-0.1, -0.05) is 0 Å². The van der Waals surface area contributed by atoms with E-state index in [9.17, 15) is 14.3 Å². The molecule has 0 aromatic carbocycles. The van der Waals surface area contributed by atoms with E-state index in [0.717, 1.165) is 0 Å². The van der Waals surface area contributed by atoms with Gasteiger partial charge in [0.25, 0.3) is 5.56 Å². The van der Waals surface area contributed by atoms with Crippen molar-refractivity contribution in [3.05, 3.63) is 16.7 Å². The number of rotatable bonds is 3. The second-order valence-corrected chi connectivity index (χ2v) is 6.58. The standard InChI is InChI=1S/C10H14N5O5P/c11-10-13-8-7(9(16)14-10)12-4-15(8)3-5-1-2-6(20-5)21(17,18)19/h4-6H,1-3H2,(H2,17,18,19)(H3,11,13,14,16)/p-1/t5-,6?/m1/s1. The number of nitrogens with one attached hydrogen (secondary N) is 1. The molecule has 0 radical (unpaired) electrons. The Labute approximate surface area is 118 Å². The molecule has 2 aromatic heterocycles. The minimum atomic E-state index is -4.49. The zero-order valence-corrected chi connectivity index (χ0v) is 11.7. The smallest absolute Gasteiger partial charge is 0.280 e. The van der Waals surface area contributed by atoms with Gasteiger partial charge in [0.1, 0.15) is 5.85 Å². The first-order chi connectivity index (χ1) is 9.84. The lowest BCUT2D eigenvalue weighted by atomic mass is 10.2. The maximum Gasteiger partial charge on any atom is 0.280 e. The third-order valence-electron chi connectivity index (χ3n) is 3.34. The van der Waals surface area contributed by atoms with E-state index >= 15 is 0 Å². The van der Waals surface area contributed by atoms with Gasteiger partial charge in [-0.15, -0.1) is 0 Å². The zero-order chi connectivity index (χ0) is 15.2. The topological polar surface area (TPSA) is 159 Å². The Hall–Kier alpha value is -1.74. The van der Waals surface area contributed by atoms with Crippen molar-refractivity contribution in [1.29, 1.82) is 0 Å². The summed E-state index contributed by atoms with van der Waals surface area (Å²) in [5, 5.41) is 0. The Morgan fingerprint density at radius 1 is 1.62 bits per heavy atom. The van der Waals surface area contributed by atoms with Crippen LogP contribution in [-0.4, -0.2) is 36.4 Å². The second-order valence-electron chi connectivity index (χ2n) is 4.87. The molecular formula is C10H13N5O5P-. The number of H-pyrrole nitrogens is 1. The molecule has 1 aliphatic rings. The molecule has 4 N–H and O–H groups in total. The lowest BCUT2D eigenvalue weighted by Crippen LogP contribution is -2.21. The van der Waals surface area contributed by atoms with E-state index in [4.69, 9.17) is 15.4 Å². The third-order valence-corrected chi connectivity index (χ3v) is 4.45. The molecule has 11 heteroatoms. The number of nitrogens with two attached hydrogens (primary N) is 1. The molecule has 1 fully saturated rings. The maximum atomic E-state index is 11.6. The SMILES string of the molecule is Nc1nc2c(ncn2C[C@H]2CCC(P(=O)([O-])O)O2)c(=O)[nH]1. The van der Waals surface area contributed by atoms with E-state index in [1.165, 1.54) is 6.33 Å². The number of hydrogen-bond donors (Lipinski definition) is 3. The number of nitrogens with zero attached hydrogens (tertiary/aromatic N) is 3. The maximum absolute atomic E-state index is 11.6. The summed E-state index contributed by atoms with van der Waals surface area (Å²) in [6, 6.07) is 0. The number of aromatic amines is 1. The average Bonchev–Trinajstić information content (AvgIpc) is 2.97.